The Labute approximate surface area is 179 Å². The van der Waals surface area contributed by atoms with Crippen LogP contribution in [0.2, 0.25) is 0 Å². The second kappa shape index (κ2) is 10.8. The summed E-state index contributed by atoms with van der Waals surface area (Å²) in [5, 5.41) is 2.55. The largest absolute Gasteiger partial charge is 0.484 e. The lowest BCUT2D eigenvalue weighted by atomic mass is 10.1. The summed E-state index contributed by atoms with van der Waals surface area (Å²) in [5.41, 5.74) is 0.708. The summed E-state index contributed by atoms with van der Waals surface area (Å²) in [5.74, 6) is -1.95. The first-order valence-corrected chi connectivity index (χ1v) is 9.29. The van der Waals surface area contributed by atoms with Crippen molar-refractivity contribution in [1.82, 2.24) is 0 Å². The van der Waals surface area contributed by atoms with Gasteiger partial charge in [-0.05, 0) is 56.3 Å². The standard InChI is InChI=1S/C22H23NO8/c1-13(2)31-22(27)14-5-7-18(8-6-14)30-12-19(24)23-17-10-15(20(25)28-3)9-16(11-17)21(26)29-4/h5-11,13H,12H2,1-4H3,(H,23,24). The minimum Gasteiger partial charge on any atom is -0.484 e. The number of esters is 3. The van der Waals surface area contributed by atoms with Crippen molar-refractivity contribution in [3.05, 3.63) is 59.2 Å². The maximum absolute atomic E-state index is 12.2. The third-order valence-corrected chi connectivity index (χ3v) is 3.86. The van der Waals surface area contributed by atoms with E-state index in [1.165, 1.54) is 56.7 Å². The topological polar surface area (TPSA) is 117 Å². The van der Waals surface area contributed by atoms with Crippen LogP contribution in [0.4, 0.5) is 5.69 Å². The van der Waals surface area contributed by atoms with Crippen LogP contribution < -0.4 is 10.1 Å². The van der Waals surface area contributed by atoms with E-state index in [-0.39, 0.29) is 29.5 Å². The molecule has 0 atom stereocenters. The van der Waals surface area contributed by atoms with Gasteiger partial charge < -0.3 is 24.3 Å². The average Bonchev–Trinajstić information content (AvgIpc) is 2.76. The van der Waals surface area contributed by atoms with Crippen LogP contribution in [0.1, 0.15) is 44.9 Å². The number of hydrogen-bond acceptors (Lipinski definition) is 8. The minimum atomic E-state index is -0.673. The van der Waals surface area contributed by atoms with E-state index in [0.29, 0.717) is 11.3 Å². The molecule has 31 heavy (non-hydrogen) atoms. The summed E-state index contributed by atoms with van der Waals surface area (Å²) < 4.78 is 19.8. The van der Waals surface area contributed by atoms with Crippen LogP contribution in [0.25, 0.3) is 0 Å². The number of amides is 1. The van der Waals surface area contributed by atoms with Crippen LogP contribution in [-0.2, 0) is 19.0 Å². The molecule has 0 fully saturated rings. The van der Waals surface area contributed by atoms with Crippen molar-refractivity contribution in [3.8, 4) is 5.75 Å². The van der Waals surface area contributed by atoms with Crippen LogP contribution in [0.15, 0.2) is 42.5 Å². The molecule has 0 aromatic heterocycles. The molecule has 0 saturated carbocycles. The molecule has 0 radical (unpaired) electrons. The van der Waals surface area contributed by atoms with Crippen molar-refractivity contribution < 1.29 is 38.1 Å². The maximum atomic E-state index is 12.2. The molecule has 0 unspecified atom stereocenters. The van der Waals surface area contributed by atoms with Crippen LogP contribution in [0, 0.1) is 0 Å². The van der Waals surface area contributed by atoms with E-state index in [9.17, 15) is 19.2 Å². The number of carbonyl (C=O) groups is 4. The van der Waals surface area contributed by atoms with E-state index in [0.717, 1.165) is 0 Å². The number of carbonyl (C=O) groups excluding carboxylic acids is 4. The number of anilines is 1. The van der Waals surface area contributed by atoms with Gasteiger partial charge in [-0.2, -0.15) is 0 Å². The highest BCUT2D eigenvalue weighted by Gasteiger charge is 2.15. The summed E-state index contributed by atoms with van der Waals surface area (Å²) in [6.07, 6.45) is -0.232. The van der Waals surface area contributed by atoms with Crippen LogP contribution in [0.3, 0.4) is 0 Å². The lowest BCUT2D eigenvalue weighted by molar-refractivity contribution is -0.118. The van der Waals surface area contributed by atoms with Gasteiger partial charge in [-0.25, -0.2) is 14.4 Å². The van der Waals surface area contributed by atoms with Gasteiger partial charge in [0.2, 0.25) is 0 Å². The minimum absolute atomic E-state index is 0.0745. The fourth-order valence-electron chi connectivity index (χ4n) is 2.49. The van der Waals surface area contributed by atoms with E-state index in [1.54, 1.807) is 13.8 Å². The van der Waals surface area contributed by atoms with Crippen LogP contribution in [0.5, 0.6) is 5.75 Å². The highest BCUT2D eigenvalue weighted by atomic mass is 16.5. The van der Waals surface area contributed by atoms with Gasteiger partial charge in [0.1, 0.15) is 5.75 Å². The summed E-state index contributed by atoms with van der Waals surface area (Å²) in [4.78, 5) is 47.7. The van der Waals surface area contributed by atoms with E-state index in [1.807, 2.05) is 0 Å². The highest BCUT2D eigenvalue weighted by Crippen LogP contribution is 2.18. The van der Waals surface area contributed by atoms with Gasteiger partial charge in [0.15, 0.2) is 6.61 Å². The third-order valence-electron chi connectivity index (χ3n) is 3.86. The number of benzene rings is 2. The van der Waals surface area contributed by atoms with Crippen molar-refractivity contribution in [2.75, 3.05) is 26.1 Å². The van der Waals surface area contributed by atoms with Gasteiger partial charge in [0, 0.05) is 5.69 Å². The quantitative estimate of drug-likeness (QED) is 0.503. The Hall–Kier alpha value is -3.88. The van der Waals surface area contributed by atoms with Crippen molar-refractivity contribution in [1.29, 1.82) is 0 Å². The third kappa shape index (κ3) is 6.84. The van der Waals surface area contributed by atoms with E-state index >= 15 is 0 Å². The molecule has 164 valence electrons. The first-order valence-electron chi connectivity index (χ1n) is 9.29. The Morgan fingerprint density at radius 1 is 0.806 bits per heavy atom. The van der Waals surface area contributed by atoms with Crippen molar-refractivity contribution in [2.45, 2.75) is 20.0 Å². The van der Waals surface area contributed by atoms with Crippen molar-refractivity contribution in [2.24, 2.45) is 0 Å². The zero-order valence-corrected chi connectivity index (χ0v) is 17.6. The second-order valence-corrected chi connectivity index (χ2v) is 6.60. The van der Waals surface area contributed by atoms with Gasteiger partial charge in [0.05, 0.1) is 37.0 Å². The van der Waals surface area contributed by atoms with Crippen LogP contribution in [-0.4, -0.2) is 50.7 Å². The zero-order valence-electron chi connectivity index (χ0n) is 17.6. The molecule has 0 aliphatic carbocycles. The summed E-state index contributed by atoms with van der Waals surface area (Å²) in [6, 6.07) is 10.2. The lowest BCUT2D eigenvalue weighted by Gasteiger charge is -2.11. The normalized spacial score (nSPS) is 10.2. The van der Waals surface area contributed by atoms with E-state index in [4.69, 9.17) is 9.47 Å². The number of methoxy groups -OCH3 is 2. The fraction of sp³-hybridized carbons (Fsp3) is 0.273. The smallest absolute Gasteiger partial charge is 0.338 e. The lowest BCUT2D eigenvalue weighted by Crippen LogP contribution is -2.21. The van der Waals surface area contributed by atoms with Gasteiger partial charge in [-0.3, -0.25) is 4.79 Å². The number of ether oxygens (including phenoxy) is 4. The molecule has 2 aromatic carbocycles. The summed E-state index contributed by atoms with van der Waals surface area (Å²) >= 11 is 0. The SMILES string of the molecule is COC(=O)c1cc(NC(=O)COc2ccc(C(=O)OC(C)C)cc2)cc(C(=O)OC)c1. The molecular formula is C22H23NO8. The average molecular weight is 429 g/mol. The number of nitrogens with one attached hydrogen (secondary N) is 1. The molecule has 0 aliphatic rings. The monoisotopic (exact) mass is 429 g/mol. The fourth-order valence-corrected chi connectivity index (χ4v) is 2.49. The van der Waals surface area contributed by atoms with E-state index < -0.39 is 23.8 Å². The molecule has 2 rings (SSSR count). The predicted molar refractivity (Wildman–Crippen MR) is 110 cm³/mol. The molecule has 0 spiro atoms. The predicted octanol–water partition coefficient (Wildman–Crippen LogP) is 2.84. The Balaban J connectivity index is 2.03. The first kappa shape index (κ1) is 23.4. The molecular weight excluding hydrogens is 406 g/mol. The van der Waals surface area contributed by atoms with Crippen molar-refractivity contribution in [3.63, 3.8) is 0 Å². The van der Waals surface area contributed by atoms with Gasteiger partial charge in [0.25, 0.3) is 5.91 Å². The molecule has 1 amide bonds. The number of rotatable bonds is 8. The van der Waals surface area contributed by atoms with Gasteiger partial charge in [-0.1, -0.05) is 0 Å². The van der Waals surface area contributed by atoms with Crippen molar-refractivity contribution >= 4 is 29.5 Å². The Kier molecular flexibility index (Phi) is 8.13. The molecule has 9 nitrogen and oxygen atoms in total. The Morgan fingerprint density at radius 3 is 1.84 bits per heavy atom. The first-order chi connectivity index (χ1) is 14.7. The zero-order chi connectivity index (χ0) is 23.0. The Morgan fingerprint density at radius 2 is 1.35 bits per heavy atom. The van der Waals surface area contributed by atoms with Crippen LogP contribution >= 0.6 is 0 Å². The molecule has 0 heterocycles. The molecule has 9 heteroatoms. The molecule has 0 bridgehead atoms. The summed E-state index contributed by atoms with van der Waals surface area (Å²) in [7, 11) is 2.40. The molecule has 1 N–H and O–H groups in total. The van der Waals surface area contributed by atoms with Gasteiger partial charge >= 0.3 is 17.9 Å². The number of hydrogen-bond donors (Lipinski definition) is 1. The molecule has 0 saturated heterocycles. The van der Waals surface area contributed by atoms with E-state index in [2.05, 4.69) is 14.8 Å². The molecule has 2 aromatic rings. The summed E-state index contributed by atoms with van der Waals surface area (Å²) in [6.45, 7) is 3.16. The second-order valence-electron chi connectivity index (χ2n) is 6.60. The van der Waals surface area contributed by atoms with Gasteiger partial charge in [-0.15, -0.1) is 0 Å². The Bertz CT molecular complexity index is 932. The molecule has 0 aliphatic heterocycles. The highest BCUT2D eigenvalue weighted by molar-refractivity contribution is 5.99. The maximum Gasteiger partial charge on any atom is 0.338 e.